The Hall–Kier alpha value is -2.23. The van der Waals surface area contributed by atoms with Crippen molar-refractivity contribution in [2.24, 2.45) is 0 Å². The second kappa shape index (κ2) is 3.97. The highest BCUT2D eigenvalue weighted by atomic mass is 15.4. The summed E-state index contributed by atoms with van der Waals surface area (Å²) in [6.45, 7) is 2.78. The van der Waals surface area contributed by atoms with Crippen molar-refractivity contribution >= 4 is 11.2 Å². The van der Waals surface area contributed by atoms with Crippen LogP contribution in [0.4, 0.5) is 0 Å². The minimum absolute atomic E-state index is 0.702. The van der Waals surface area contributed by atoms with Crippen molar-refractivity contribution in [3.63, 3.8) is 0 Å². The van der Waals surface area contributed by atoms with Gasteiger partial charge in [-0.05, 0) is 24.6 Å². The minimum atomic E-state index is 0.702. The van der Waals surface area contributed by atoms with Gasteiger partial charge in [0.1, 0.15) is 5.52 Å². The highest BCUT2D eigenvalue weighted by Gasteiger charge is 2.04. The van der Waals surface area contributed by atoms with Crippen LogP contribution in [0.1, 0.15) is 11.1 Å². The average molecular weight is 224 g/mol. The maximum Gasteiger partial charge on any atom is 0.178 e. The van der Waals surface area contributed by atoms with Crippen LogP contribution in [0.2, 0.25) is 0 Å². The molecule has 0 unspecified atom stereocenters. The van der Waals surface area contributed by atoms with E-state index in [0.717, 1.165) is 11.2 Å². The van der Waals surface area contributed by atoms with E-state index in [2.05, 4.69) is 46.5 Å². The Kier molecular flexibility index (Phi) is 2.33. The lowest BCUT2D eigenvalue weighted by molar-refractivity contribution is 0.664. The number of aromatic nitrogens is 4. The Balaban J connectivity index is 1.97. The van der Waals surface area contributed by atoms with Crippen LogP contribution in [-0.4, -0.2) is 20.0 Å². The zero-order chi connectivity index (χ0) is 11.7. The first kappa shape index (κ1) is 9.96. The number of aryl methyl sites for hydroxylation is 1. The van der Waals surface area contributed by atoms with Crippen molar-refractivity contribution in [2.45, 2.75) is 13.5 Å². The molecule has 3 rings (SSSR count). The van der Waals surface area contributed by atoms with Crippen molar-refractivity contribution in [2.75, 3.05) is 0 Å². The maximum atomic E-state index is 4.29. The van der Waals surface area contributed by atoms with E-state index >= 15 is 0 Å². The molecule has 2 aromatic heterocycles. The number of benzene rings is 1. The Bertz CT molecular complexity index is 640. The molecule has 2 heterocycles. The van der Waals surface area contributed by atoms with Crippen LogP contribution in [0.15, 0.2) is 42.6 Å². The molecule has 1 aromatic carbocycles. The fourth-order valence-electron chi connectivity index (χ4n) is 1.78. The molecule has 0 spiro atoms. The first-order chi connectivity index (χ1) is 8.33. The van der Waals surface area contributed by atoms with E-state index in [1.807, 2.05) is 16.8 Å². The molecule has 0 bridgehead atoms. The van der Waals surface area contributed by atoms with Gasteiger partial charge in [0.15, 0.2) is 5.65 Å². The molecule has 0 aliphatic rings. The number of rotatable bonds is 2. The first-order valence-corrected chi connectivity index (χ1v) is 5.53. The van der Waals surface area contributed by atoms with Crippen LogP contribution in [0.5, 0.6) is 0 Å². The molecule has 0 radical (unpaired) electrons. The molecule has 4 heteroatoms. The fourth-order valence-corrected chi connectivity index (χ4v) is 1.78. The van der Waals surface area contributed by atoms with Gasteiger partial charge in [-0.1, -0.05) is 35.0 Å². The van der Waals surface area contributed by atoms with Crippen LogP contribution in [-0.2, 0) is 6.54 Å². The molecule has 0 atom stereocenters. The van der Waals surface area contributed by atoms with Crippen LogP contribution in [0.3, 0.4) is 0 Å². The fraction of sp³-hybridized carbons (Fsp3) is 0.154. The lowest BCUT2D eigenvalue weighted by Gasteiger charge is -2.02. The molecule has 0 amide bonds. The van der Waals surface area contributed by atoms with Crippen molar-refractivity contribution in [3.8, 4) is 0 Å². The Morgan fingerprint density at radius 3 is 2.76 bits per heavy atom. The quantitative estimate of drug-likeness (QED) is 0.670. The summed E-state index contributed by atoms with van der Waals surface area (Å²) in [5, 5.41) is 8.20. The number of nitrogens with zero attached hydrogens (tertiary/aromatic N) is 4. The third-order valence-corrected chi connectivity index (χ3v) is 2.72. The Morgan fingerprint density at radius 1 is 1.12 bits per heavy atom. The summed E-state index contributed by atoms with van der Waals surface area (Å²) >= 11 is 0. The van der Waals surface area contributed by atoms with Crippen LogP contribution in [0.25, 0.3) is 11.2 Å². The van der Waals surface area contributed by atoms with E-state index in [1.54, 1.807) is 6.20 Å². The topological polar surface area (TPSA) is 43.6 Å². The summed E-state index contributed by atoms with van der Waals surface area (Å²) in [4.78, 5) is 4.29. The molecule has 84 valence electrons. The molecular formula is C13H12N4. The van der Waals surface area contributed by atoms with Crippen molar-refractivity contribution in [3.05, 3.63) is 53.7 Å². The van der Waals surface area contributed by atoms with Crippen molar-refractivity contribution in [1.82, 2.24) is 20.0 Å². The number of pyridine rings is 1. The maximum absolute atomic E-state index is 4.29. The van der Waals surface area contributed by atoms with Gasteiger partial charge >= 0.3 is 0 Å². The predicted octanol–water partition coefficient (Wildman–Crippen LogP) is 2.18. The SMILES string of the molecule is Cc1ccc(Cn2nnc3cccnc32)cc1. The van der Waals surface area contributed by atoms with Crippen LogP contribution < -0.4 is 0 Å². The van der Waals surface area contributed by atoms with E-state index < -0.39 is 0 Å². The largest absolute Gasteiger partial charge is 0.235 e. The van der Waals surface area contributed by atoms with E-state index in [0.29, 0.717) is 6.54 Å². The molecule has 0 aliphatic carbocycles. The van der Waals surface area contributed by atoms with Gasteiger partial charge in [0, 0.05) is 6.20 Å². The summed E-state index contributed by atoms with van der Waals surface area (Å²) in [7, 11) is 0. The summed E-state index contributed by atoms with van der Waals surface area (Å²) in [6, 6.07) is 12.2. The van der Waals surface area contributed by atoms with Crippen LogP contribution in [0, 0.1) is 6.92 Å². The lowest BCUT2D eigenvalue weighted by atomic mass is 10.1. The van der Waals surface area contributed by atoms with Crippen molar-refractivity contribution in [1.29, 1.82) is 0 Å². The Labute approximate surface area is 98.9 Å². The van der Waals surface area contributed by atoms with E-state index in [1.165, 1.54) is 11.1 Å². The second-order valence-electron chi connectivity index (χ2n) is 4.08. The van der Waals surface area contributed by atoms with Gasteiger partial charge in [-0.15, -0.1) is 5.10 Å². The average Bonchev–Trinajstić information content (AvgIpc) is 2.76. The third kappa shape index (κ3) is 1.89. The monoisotopic (exact) mass is 224 g/mol. The summed E-state index contributed by atoms with van der Waals surface area (Å²) in [5.41, 5.74) is 4.12. The predicted molar refractivity (Wildman–Crippen MR) is 65.6 cm³/mol. The molecular weight excluding hydrogens is 212 g/mol. The minimum Gasteiger partial charge on any atom is -0.235 e. The number of hydrogen-bond acceptors (Lipinski definition) is 3. The highest BCUT2D eigenvalue weighted by molar-refractivity contribution is 5.68. The van der Waals surface area contributed by atoms with Gasteiger partial charge in [0.05, 0.1) is 6.54 Å². The number of fused-ring (bicyclic) bond motifs is 1. The number of hydrogen-bond donors (Lipinski definition) is 0. The Morgan fingerprint density at radius 2 is 1.94 bits per heavy atom. The van der Waals surface area contributed by atoms with Crippen molar-refractivity contribution < 1.29 is 0 Å². The molecule has 0 fully saturated rings. The van der Waals surface area contributed by atoms with E-state index in [4.69, 9.17) is 0 Å². The zero-order valence-electron chi connectivity index (χ0n) is 9.54. The molecule has 0 saturated carbocycles. The van der Waals surface area contributed by atoms with Gasteiger partial charge in [-0.2, -0.15) is 0 Å². The summed E-state index contributed by atoms with van der Waals surface area (Å²) in [5.74, 6) is 0. The smallest absolute Gasteiger partial charge is 0.178 e. The summed E-state index contributed by atoms with van der Waals surface area (Å²) < 4.78 is 1.82. The third-order valence-electron chi connectivity index (χ3n) is 2.72. The second-order valence-corrected chi connectivity index (χ2v) is 4.08. The van der Waals surface area contributed by atoms with Gasteiger partial charge in [0.2, 0.25) is 0 Å². The van der Waals surface area contributed by atoms with E-state index in [9.17, 15) is 0 Å². The molecule has 0 N–H and O–H groups in total. The van der Waals surface area contributed by atoms with Gasteiger partial charge in [0.25, 0.3) is 0 Å². The normalized spacial score (nSPS) is 10.9. The lowest BCUT2D eigenvalue weighted by Crippen LogP contribution is -2.02. The molecule has 3 aromatic rings. The molecule has 0 saturated heterocycles. The van der Waals surface area contributed by atoms with Gasteiger partial charge < -0.3 is 0 Å². The molecule has 0 aliphatic heterocycles. The van der Waals surface area contributed by atoms with Gasteiger partial charge in [-0.3, -0.25) is 0 Å². The standard InChI is InChI=1S/C13H12N4/c1-10-4-6-11(7-5-10)9-17-13-12(15-16-17)3-2-8-14-13/h2-8H,9H2,1H3. The highest BCUT2D eigenvalue weighted by Crippen LogP contribution is 2.10. The summed E-state index contributed by atoms with van der Waals surface area (Å²) in [6.07, 6.45) is 1.76. The first-order valence-electron chi connectivity index (χ1n) is 5.53. The van der Waals surface area contributed by atoms with E-state index in [-0.39, 0.29) is 0 Å². The van der Waals surface area contributed by atoms with Crippen LogP contribution >= 0.6 is 0 Å². The van der Waals surface area contributed by atoms with Gasteiger partial charge in [-0.25, -0.2) is 9.67 Å². The molecule has 17 heavy (non-hydrogen) atoms. The zero-order valence-corrected chi connectivity index (χ0v) is 9.54. The molecule has 4 nitrogen and oxygen atoms in total.